The predicted octanol–water partition coefficient (Wildman–Crippen LogP) is 1.89. The van der Waals surface area contributed by atoms with Crippen LogP contribution in [0, 0.1) is 0 Å². The van der Waals surface area contributed by atoms with E-state index in [0.29, 0.717) is 13.0 Å². The van der Waals surface area contributed by atoms with Gasteiger partial charge in [-0.25, -0.2) is 0 Å². The lowest BCUT2D eigenvalue weighted by molar-refractivity contribution is -0.133. The van der Waals surface area contributed by atoms with Gasteiger partial charge in [-0.2, -0.15) is 0 Å². The highest BCUT2D eigenvalue weighted by atomic mass is 16.2. The smallest absolute Gasteiger partial charge is 0.241 e. The predicted molar refractivity (Wildman–Crippen MR) is 85.4 cm³/mol. The lowest BCUT2D eigenvalue weighted by Crippen LogP contribution is -2.35. The van der Waals surface area contributed by atoms with Gasteiger partial charge < -0.3 is 15.5 Å². The number of hydrogen-bond acceptors (Lipinski definition) is 3. The molecule has 22 heavy (non-hydrogen) atoms. The van der Waals surface area contributed by atoms with Gasteiger partial charge >= 0.3 is 0 Å². The van der Waals surface area contributed by atoms with E-state index in [0.717, 1.165) is 50.0 Å². The summed E-state index contributed by atoms with van der Waals surface area (Å²) in [7, 11) is 0. The Kier molecular flexibility index (Phi) is 4.73. The van der Waals surface area contributed by atoms with Crippen molar-refractivity contribution in [1.82, 2.24) is 10.2 Å². The fourth-order valence-electron chi connectivity index (χ4n) is 3.13. The molecule has 0 spiro atoms. The van der Waals surface area contributed by atoms with E-state index in [1.165, 1.54) is 0 Å². The summed E-state index contributed by atoms with van der Waals surface area (Å²) in [6.07, 6.45) is 4.68. The van der Waals surface area contributed by atoms with Crippen molar-refractivity contribution in [3.63, 3.8) is 0 Å². The topological polar surface area (TPSA) is 61.4 Å². The summed E-state index contributed by atoms with van der Waals surface area (Å²) >= 11 is 0. The summed E-state index contributed by atoms with van der Waals surface area (Å²) in [6, 6.07) is 7.72. The van der Waals surface area contributed by atoms with Crippen molar-refractivity contribution in [2.45, 2.75) is 44.7 Å². The summed E-state index contributed by atoms with van der Waals surface area (Å²) in [5.41, 5.74) is 1.87. The van der Waals surface area contributed by atoms with Gasteiger partial charge in [0, 0.05) is 25.2 Å². The molecule has 5 nitrogen and oxygen atoms in total. The minimum absolute atomic E-state index is 0.0312. The van der Waals surface area contributed by atoms with Crippen molar-refractivity contribution in [3.05, 3.63) is 29.8 Å². The van der Waals surface area contributed by atoms with Gasteiger partial charge in [0.1, 0.15) is 0 Å². The Morgan fingerprint density at radius 3 is 3.00 bits per heavy atom. The first-order valence-electron chi connectivity index (χ1n) is 8.13. The maximum Gasteiger partial charge on any atom is 0.241 e. The summed E-state index contributed by atoms with van der Waals surface area (Å²) in [5.74, 6) is 0.263. The van der Waals surface area contributed by atoms with E-state index in [4.69, 9.17) is 0 Å². The Morgan fingerprint density at radius 2 is 2.23 bits per heavy atom. The van der Waals surface area contributed by atoms with Crippen LogP contribution < -0.4 is 10.6 Å². The number of benzene rings is 1. The molecular weight excluding hydrogens is 278 g/mol. The number of nitrogens with one attached hydrogen (secondary N) is 2. The van der Waals surface area contributed by atoms with Crippen molar-refractivity contribution in [2.24, 2.45) is 0 Å². The van der Waals surface area contributed by atoms with Gasteiger partial charge in [-0.05, 0) is 49.9 Å². The van der Waals surface area contributed by atoms with Gasteiger partial charge in [-0.15, -0.1) is 0 Å². The molecule has 2 N–H and O–H groups in total. The second kappa shape index (κ2) is 6.92. The molecule has 5 heteroatoms. The Hall–Kier alpha value is -1.88. The second-order valence-electron chi connectivity index (χ2n) is 6.11. The van der Waals surface area contributed by atoms with E-state index < -0.39 is 0 Å². The van der Waals surface area contributed by atoms with E-state index in [1.54, 1.807) is 0 Å². The molecule has 2 fully saturated rings. The van der Waals surface area contributed by atoms with Crippen LogP contribution in [0.3, 0.4) is 0 Å². The number of carbonyl (C=O) groups is 2. The molecule has 0 aliphatic carbocycles. The van der Waals surface area contributed by atoms with Crippen LogP contribution in [-0.2, 0) is 16.1 Å². The molecule has 2 aliphatic heterocycles. The van der Waals surface area contributed by atoms with E-state index in [-0.39, 0.29) is 17.9 Å². The Bertz CT molecular complexity index is 553. The number of nitrogens with zero attached hydrogens (tertiary/aromatic N) is 1. The number of anilines is 1. The molecule has 2 heterocycles. The minimum atomic E-state index is -0.0765. The number of rotatable bonds is 4. The first-order chi connectivity index (χ1) is 10.7. The lowest BCUT2D eigenvalue weighted by Gasteiger charge is -2.27. The van der Waals surface area contributed by atoms with E-state index in [1.807, 2.05) is 29.2 Å². The molecule has 3 rings (SSSR count). The van der Waals surface area contributed by atoms with Gasteiger partial charge in [-0.1, -0.05) is 12.1 Å². The molecule has 2 saturated heterocycles. The zero-order valence-electron chi connectivity index (χ0n) is 12.8. The van der Waals surface area contributed by atoms with Crippen LogP contribution in [0.2, 0.25) is 0 Å². The SMILES string of the molecule is O=C(Nc1cccc(CN2CCCCC2=O)c1)C1CCCN1. The Morgan fingerprint density at radius 1 is 1.32 bits per heavy atom. The zero-order valence-corrected chi connectivity index (χ0v) is 12.8. The molecule has 0 bridgehead atoms. The maximum atomic E-state index is 12.1. The van der Waals surface area contributed by atoms with Crippen LogP contribution in [0.5, 0.6) is 0 Å². The molecule has 0 saturated carbocycles. The van der Waals surface area contributed by atoms with Gasteiger partial charge in [0.15, 0.2) is 0 Å². The summed E-state index contributed by atoms with van der Waals surface area (Å²) < 4.78 is 0. The normalized spacial score (nSPS) is 21.9. The lowest BCUT2D eigenvalue weighted by atomic mass is 10.1. The fraction of sp³-hybridized carbons (Fsp3) is 0.529. The van der Waals surface area contributed by atoms with E-state index in [9.17, 15) is 9.59 Å². The van der Waals surface area contributed by atoms with Gasteiger partial charge in [-0.3, -0.25) is 9.59 Å². The molecule has 2 aliphatic rings. The average molecular weight is 301 g/mol. The third kappa shape index (κ3) is 3.65. The standard InChI is InChI=1S/C17H23N3O2/c21-16-8-1-2-10-20(16)12-13-5-3-6-14(11-13)19-17(22)15-7-4-9-18-15/h3,5-6,11,15,18H,1-2,4,7-10,12H2,(H,19,22). The number of piperidine rings is 1. The molecule has 0 radical (unpaired) electrons. The van der Waals surface area contributed by atoms with E-state index in [2.05, 4.69) is 10.6 Å². The highest BCUT2D eigenvalue weighted by molar-refractivity contribution is 5.95. The van der Waals surface area contributed by atoms with Crippen molar-refractivity contribution >= 4 is 17.5 Å². The summed E-state index contributed by atoms with van der Waals surface area (Å²) in [6.45, 7) is 2.38. The second-order valence-corrected chi connectivity index (χ2v) is 6.11. The molecule has 1 unspecified atom stereocenters. The molecule has 1 aromatic rings. The average Bonchev–Trinajstić information content (AvgIpc) is 3.04. The molecule has 0 aromatic heterocycles. The van der Waals surface area contributed by atoms with Crippen molar-refractivity contribution in [1.29, 1.82) is 0 Å². The van der Waals surface area contributed by atoms with Crippen LogP contribution in [0.25, 0.3) is 0 Å². The molecule has 1 atom stereocenters. The number of carbonyl (C=O) groups excluding carboxylic acids is 2. The van der Waals surface area contributed by atoms with Crippen molar-refractivity contribution in [2.75, 3.05) is 18.4 Å². The van der Waals surface area contributed by atoms with Crippen molar-refractivity contribution < 1.29 is 9.59 Å². The van der Waals surface area contributed by atoms with Gasteiger partial charge in [0.2, 0.25) is 11.8 Å². The van der Waals surface area contributed by atoms with Gasteiger partial charge in [0.25, 0.3) is 0 Å². The van der Waals surface area contributed by atoms with Crippen LogP contribution in [0.15, 0.2) is 24.3 Å². The summed E-state index contributed by atoms with van der Waals surface area (Å²) in [4.78, 5) is 25.9. The van der Waals surface area contributed by atoms with Crippen LogP contribution in [0.4, 0.5) is 5.69 Å². The number of hydrogen-bond donors (Lipinski definition) is 2. The summed E-state index contributed by atoms with van der Waals surface area (Å²) in [5, 5.41) is 6.17. The van der Waals surface area contributed by atoms with E-state index >= 15 is 0 Å². The third-order valence-corrected chi connectivity index (χ3v) is 4.37. The highest BCUT2D eigenvalue weighted by Gasteiger charge is 2.22. The van der Waals surface area contributed by atoms with Gasteiger partial charge in [0.05, 0.1) is 6.04 Å². The number of amides is 2. The third-order valence-electron chi connectivity index (χ3n) is 4.37. The molecule has 118 valence electrons. The quantitative estimate of drug-likeness (QED) is 0.893. The van der Waals surface area contributed by atoms with Crippen LogP contribution in [-0.4, -0.2) is 35.8 Å². The largest absolute Gasteiger partial charge is 0.338 e. The fourth-order valence-corrected chi connectivity index (χ4v) is 3.13. The monoisotopic (exact) mass is 301 g/mol. The Balaban J connectivity index is 1.61. The highest BCUT2D eigenvalue weighted by Crippen LogP contribution is 2.18. The zero-order chi connectivity index (χ0) is 15.4. The molecular formula is C17H23N3O2. The maximum absolute atomic E-state index is 12.1. The number of likely N-dealkylation sites (tertiary alicyclic amines) is 1. The van der Waals surface area contributed by atoms with Crippen molar-refractivity contribution in [3.8, 4) is 0 Å². The molecule has 2 amide bonds. The molecule has 1 aromatic carbocycles. The Labute approximate surface area is 131 Å². The van der Waals surface area contributed by atoms with Crippen LogP contribution >= 0.6 is 0 Å². The minimum Gasteiger partial charge on any atom is -0.338 e. The van der Waals surface area contributed by atoms with Crippen LogP contribution in [0.1, 0.15) is 37.7 Å². The first kappa shape index (κ1) is 15.0. The first-order valence-corrected chi connectivity index (χ1v) is 8.13.